The Morgan fingerprint density at radius 3 is 1.39 bits per heavy atom. The van der Waals surface area contributed by atoms with Crippen molar-refractivity contribution in [2.24, 2.45) is 0 Å². The zero-order valence-corrected chi connectivity index (χ0v) is 32.5. The maximum Gasteiger partial charge on any atom is 0.164 e. The van der Waals surface area contributed by atoms with Crippen LogP contribution >= 0.6 is 11.3 Å². The van der Waals surface area contributed by atoms with E-state index in [0.717, 1.165) is 50.0 Å². The van der Waals surface area contributed by atoms with E-state index in [1.807, 2.05) is 72.0 Å². The zero-order valence-electron chi connectivity index (χ0n) is 31.7. The van der Waals surface area contributed by atoms with Crippen molar-refractivity contribution in [2.75, 3.05) is 0 Å². The number of hydrogen-bond acceptors (Lipinski definition) is 5. The molecule has 59 heavy (non-hydrogen) atoms. The SMILES string of the molecule is c1ccc(-c2nc(-c3ccccc3)nc(-c3ccc(-c4cccc5nc(-c6ccc7c8ccccc8c8ccccc8c7c6)c6c7ccccc7sc6c45)cc3)n2)cc1. The van der Waals surface area contributed by atoms with Crippen LogP contribution < -0.4 is 0 Å². The van der Waals surface area contributed by atoms with Gasteiger partial charge >= 0.3 is 0 Å². The topological polar surface area (TPSA) is 51.6 Å². The third-order valence-corrected chi connectivity index (χ3v) is 12.7. The standard InChI is InChI=1S/C54H32N4S/c1-3-14-34(15-4-1)52-56-53(35-16-5-2-6-17-35)58-54(57-52)36-28-26-33(27-29-36)38-23-13-24-46-48(38)51-49(44-22-11-12-25-47(44)59-51)50(55-46)37-30-31-43-41-20-8-7-18-39(41)40-19-9-10-21-42(40)45(43)32-37/h1-32H. The third-order valence-electron chi connectivity index (χ3n) is 11.5. The second-order valence-corrected chi connectivity index (χ2v) is 16.0. The number of nitrogens with zero attached hydrogens (tertiary/aromatic N) is 4. The van der Waals surface area contributed by atoms with E-state index in [0.29, 0.717) is 17.5 Å². The minimum absolute atomic E-state index is 0.636. The van der Waals surface area contributed by atoms with E-state index < -0.39 is 0 Å². The Morgan fingerprint density at radius 2 is 0.780 bits per heavy atom. The van der Waals surface area contributed by atoms with Gasteiger partial charge in [-0.15, -0.1) is 11.3 Å². The monoisotopic (exact) mass is 768 g/mol. The summed E-state index contributed by atoms with van der Waals surface area (Å²) in [6, 6.07) is 68.5. The van der Waals surface area contributed by atoms with Crippen LogP contribution in [-0.2, 0) is 0 Å². The molecule has 0 atom stereocenters. The molecule has 12 rings (SSSR count). The summed E-state index contributed by atoms with van der Waals surface area (Å²) in [5.74, 6) is 1.93. The summed E-state index contributed by atoms with van der Waals surface area (Å²) in [5, 5.41) is 11.1. The van der Waals surface area contributed by atoms with Gasteiger partial charge in [-0.2, -0.15) is 0 Å². The normalized spacial score (nSPS) is 11.7. The van der Waals surface area contributed by atoms with E-state index in [2.05, 4.69) is 133 Å². The van der Waals surface area contributed by atoms with Gasteiger partial charge in [0.2, 0.25) is 0 Å². The molecule has 12 aromatic rings. The van der Waals surface area contributed by atoms with Gasteiger partial charge in [-0.05, 0) is 61.6 Å². The molecule has 274 valence electrons. The van der Waals surface area contributed by atoms with Gasteiger partial charge in [-0.1, -0.05) is 176 Å². The van der Waals surface area contributed by atoms with Crippen molar-refractivity contribution in [1.82, 2.24) is 19.9 Å². The molecule has 0 aliphatic carbocycles. The first-order valence-electron chi connectivity index (χ1n) is 19.8. The van der Waals surface area contributed by atoms with Crippen LogP contribution in [0.2, 0.25) is 0 Å². The first kappa shape index (κ1) is 33.5. The molecule has 0 unspecified atom stereocenters. The second-order valence-electron chi connectivity index (χ2n) is 14.9. The fourth-order valence-electron chi connectivity index (χ4n) is 8.75. The predicted molar refractivity (Wildman–Crippen MR) is 248 cm³/mol. The second kappa shape index (κ2) is 13.5. The number of rotatable bonds is 5. The Bertz CT molecular complexity index is 3500. The molecule has 9 aromatic carbocycles. The molecule has 3 heterocycles. The van der Waals surface area contributed by atoms with Crippen LogP contribution in [0.4, 0.5) is 0 Å². The number of thiophene rings is 1. The molecule has 5 heteroatoms. The molecule has 0 amide bonds. The minimum Gasteiger partial charge on any atom is -0.247 e. The molecule has 4 nitrogen and oxygen atoms in total. The molecule has 0 saturated heterocycles. The van der Waals surface area contributed by atoms with E-state index >= 15 is 0 Å². The quantitative estimate of drug-likeness (QED) is 0.164. The predicted octanol–water partition coefficient (Wildman–Crippen LogP) is 14.6. The van der Waals surface area contributed by atoms with Gasteiger partial charge in [0.1, 0.15) is 0 Å². The molecular weight excluding hydrogens is 737 g/mol. The summed E-state index contributed by atoms with van der Waals surface area (Å²) < 4.78 is 2.49. The van der Waals surface area contributed by atoms with E-state index in [9.17, 15) is 0 Å². The van der Waals surface area contributed by atoms with Crippen LogP contribution in [0.5, 0.6) is 0 Å². The summed E-state index contributed by atoms with van der Waals surface area (Å²) in [7, 11) is 0. The van der Waals surface area contributed by atoms with E-state index in [1.165, 1.54) is 52.5 Å². The maximum absolute atomic E-state index is 5.55. The fourth-order valence-corrected chi connectivity index (χ4v) is 10.0. The Hall–Kier alpha value is -7.60. The summed E-state index contributed by atoms with van der Waals surface area (Å²) in [6.07, 6.45) is 0. The van der Waals surface area contributed by atoms with Crippen molar-refractivity contribution < 1.29 is 0 Å². The van der Waals surface area contributed by atoms with Crippen molar-refractivity contribution in [3.63, 3.8) is 0 Å². The number of pyridine rings is 1. The van der Waals surface area contributed by atoms with Crippen LogP contribution in [0.1, 0.15) is 0 Å². The van der Waals surface area contributed by atoms with Gasteiger partial charge < -0.3 is 0 Å². The Labute approximate surface area is 343 Å². The molecule has 0 aliphatic heterocycles. The molecule has 0 aliphatic rings. The Balaban J connectivity index is 1.03. The first-order valence-corrected chi connectivity index (χ1v) is 20.6. The van der Waals surface area contributed by atoms with Gasteiger partial charge in [0.25, 0.3) is 0 Å². The van der Waals surface area contributed by atoms with Crippen LogP contribution in [-0.4, -0.2) is 19.9 Å². The van der Waals surface area contributed by atoms with Gasteiger partial charge in [0.05, 0.1) is 11.2 Å². The highest BCUT2D eigenvalue weighted by atomic mass is 32.1. The van der Waals surface area contributed by atoms with Crippen molar-refractivity contribution in [3.05, 3.63) is 194 Å². The summed E-state index contributed by atoms with van der Waals surface area (Å²) >= 11 is 1.85. The highest BCUT2D eigenvalue weighted by Gasteiger charge is 2.20. The summed E-state index contributed by atoms with van der Waals surface area (Å²) in [5.41, 5.74) is 8.18. The van der Waals surface area contributed by atoms with Gasteiger partial charge in [-0.3, -0.25) is 0 Å². The average molecular weight is 769 g/mol. The fraction of sp³-hybridized carbons (Fsp3) is 0. The van der Waals surface area contributed by atoms with Gasteiger partial charge in [0, 0.05) is 47.8 Å². The smallest absolute Gasteiger partial charge is 0.164 e. The van der Waals surface area contributed by atoms with Crippen molar-refractivity contribution >= 4 is 74.7 Å². The summed E-state index contributed by atoms with van der Waals surface area (Å²) in [6.45, 7) is 0. The highest BCUT2D eigenvalue weighted by molar-refractivity contribution is 7.26. The number of aromatic nitrogens is 4. The Kier molecular flexibility index (Phi) is 7.68. The molecule has 0 bridgehead atoms. The van der Waals surface area contributed by atoms with Gasteiger partial charge in [0.15, 0.2) is 17.5 Å². The first-order chi connectivity index (χ1) is 29.2. The van der Waals surface area contributed by atoms with E-state index in [-0.39, 0.29) is 0 Å². The van der Waals surface area contributed by atoms with Crippen molar-refractivity contribution in [2.45, 2.75) is 0 Å². The maximum atomic E-state index is 5.55. The third kappa shape index (κ3) is 5.51. The van der Waals surface area contributed by atoms with Crippen LogP contribution in [0.25, 0.3) is 120 Å². The van der Waals surface area contributed by atoms with Crippen LogP contribution in [0.3, 0.4) is 0 Å². The molecule has 0 radical (unpaired) electrons. The van der Waals surface area contributed by atoms with Gasteiger partial charge in [-0.25, -0.2) is 19.9 Å². The lowest BCUT2D eigenvalue weighted by atomic mass is 9.92. The molecule has 3 aromatic heterocycles. The van der Waals surface area contributed by atoms with E-state index in [4.69, 9.17) is 19.9 Å². The van der Waals surface area contributed by atoms with E-state index in [1.54, 1.807) is 0 Å². The molecule has 0 N–H and O–H groups in total. The molecular formula is C54H32N4S. The minimum atomic E-state index is 0.636. The number of hydrogen-bond donors (Lipinski definition) is 0. The average Bonchev–Trinajstić information content (AvgIpc) is 3.71. The number of benzene rings is 9. The Morgan fingerprint density at radius 1 is 0.305 bits per heavy atom. The summed E-state index contributed by atoms with van der Waals surface area (Å²) in [4.78, 5) is 20.4. The molecule has 0 saturated carbocycles. The van der Waals surface area contributed by atoms with Crippen LogP contribution in [0, 0.1) is 0 Å². The largest absolute Gasteiger partial charge is 0.247 e. The highest BCUT2D eigenvalue weighted by Crippen LogP contribution is 2.46. The van der Waals surface area contributed by atoms with Crippen molar-refractivity contribution in [3.8, 4) is 56.5 Å². The lowest BCUT2D eigenvalue weighted by molar-refractivity contribution is 1.07. The molecule has 0 spiro atoms. The van der Waals surface area contributed by atoms with Crippen LogP contribution in [0.15, 0.2) is 194 Å². The molecule has 0 fully saturated rings. The lowest BCUT2D eigenvalue weighted by Crippen LogP contribution is -2.00. The zero-order chi connectivity index (χ0) is 38.9. The number of fused-ring (bicyclic) bond motifs is 11. The lowest BCUT2D eigenvalue weighted by Gasteiger charge is -2.14. The van der Waals surface area contributed by atoms with Crippen molar-refractivity contribution in [1.29, 1.82) is 0 Å².